The lowest BCUT2D eigenvalue weighted by atomic mass is 10.1. The van der Waals surface area contributed by atoms with Crippen molar-refractivity contribution in [3.63, 3.8) is 0 Å². The topological polar surface area (TPSA) is 36.3 Å². The molecule has 4 nitrogen and oxygen atoms in total. The van der Waals surface area contributed by atoms with Gasteiger partial charge in [-0.05, 0) is 30.7 Å². The van der Waals surface area contributed by atoms with Crippen LogP contribution >= 0.6 is 0 Å². The van der Waals surface area contributed by atoms with E-state index in [2.05, 4.69) is 29.7 Å². The van der Waals surface area contributed by atoms with E-state index in [-0.39, 0.29) is 0 Å². The maximum Gasteiger partial charge on any atom is 0.147 e. The van der Waals surface area contributed by atoms with Gasteiger partial charge in [-0.15, -0.1) is 0 Å². The fraction of sp³-hybridized carbons (Fsp3) is 0.480. The highest BCUT2D eigenvalue weighted by Crippen LogP contribution is 2.22. The molecule has 0 unspecified atom stereocenters. The third-order valence-corrected chi connectivity index (χ3v) is 5.38. The molecule has 3 aromatic rings. The molecule has 0 spiro atoms. The van der Waals surface area contributed by atoms with E-state index >= 15 is 0 Å². The lowest BCUT2D eigenvalue weighted by molar-refractivity contribution is 0.287. The summed E-state index contributed by atoms with van der Waals surface area (Å²) in [6, 6.07) is 16.1. The highest BCUT2D eigenvalue weighted by molar-refractivity contribution is 5.75. The van der Waals surface area contributed by atoms with Gasteiger partial charge in [0.05, 0.1) is 18.1 Å². The molecule has 1 aromatic heterocycles. The van der Waals surface area contributed by atoms with Gasteiger partial charge in [-0.1, -0.05) is 70.1 Å². The summed E-state index contributed by atoms with van der Waals surface area (Å²) < 4.78 is 13.6. The Morgan fingerprint density at radius 1 is 0.828 bits per heavy atom. The Kier molecular flexibility index (Phi) is 8.41. The molecule has 1 heterocycles. The number of benzene rings is 2. The fourth-order valence-electron chi connectivity index (χ4n) is 3.73. The number of methoxy groups -OCH3 is 1. The minimum atomic E-state index is 0.457. The molecule has 0 radical (unpaired) electrons. The van der Waals surface area contributed by atoms with Crippen LogP contribution in [0.1, 0.15) is 64.1 Å². The SMILES string of the molecule is CCCCCCCCCCn1c(COc2cccc(OC)c2)nc2ccccc21. The standard InChI is InChI=1S/C25H34N2O2/c1-3-4-5-6-7-8-9-12-18-27-24-17-11-10-16-23(24)26-25(27)20-29-22-15-13-14-21(19-22)28-2/h10-11,13-17,19H,3-9,12,18,20H2,1-2H3. The van der Waals surface area contributed by atoms with Crippen molar-refractivity contribution >= 4 is 11.0 Å². The van der Waals surface area contributed by atoms with E-state index in [1.165, 1.54) is 56.9 Å². The summed E-state index contributed by atoms with van der Waals surface area (Å²) in [6.45, 7) is 3.72. The zero-order valence-electron chi connectivity index (χ0n) is 17.9. The molecular weight excluding hydrogens is 360 g/mol. The van der Waals surface area contributed by atoms with Gasteiger partial charge in [0.2, 0.25) is 0 Å². The molecule has 0 aliphatic rings. The zero-order valence-corrected chi connectivity index (χ0v) is 17.9. The predicted octanol–water partition coefficient (Wildman–Crippen LogP) is 6.76. The summed E-state index contributed by atoms with van der Waals surface area (Å²) in [5, 5.41) is 0. The van der Waals surface area contributed by atoms with E-state index in [0.717, 1.165) is 29.4 Å². The summed E-state index contributed by atoms with van der Waals surface area (Å²) >= 11 is 0. The van der Waals surface area contributed by atoms with Crippen molar-refractivity contribution in [1.29, 1.82) is 0 Å². The number of aromatic nitrogens is 2. The average molecular weight is 395 g/mol. The summed E-state index contributed by atoms with van der Waals surface area (Å²) in [6.07, 6.45) is 10.6. The van der Waals surface area contributed by atoms with Gasteiger partial charge in [0.15, 0.2) is 0 Å². The van der Waals surface area contributed by atoms with Crippen LogP contribution in [-0.4, -0.2) is 16.7 Å². The Balaban J connectivity index is 1.58. The first-order chi connectivity index (χ1) is 14.3. The molecule has 0 aliphatic heterocycles. The first-order valence-electron chi connectivity index (χ1n) is 11.0. The first kappa shape index (κ1) is 21.2. The van der Waals surface area contributed by atoms with E-state index in [0.29, 0.717) is 6.61 Å². The Morgan fingerprint density at radius 2 is 1.55 bits per heavy atom. The predicted molar refractivity (Wildman–Crippen MR) is 120 cm³/mol. The van der Waals surface area contributed by atoms with Gasteiger partial charge >= 0.3 is 0 Å². The van der Waals surface area contributed by atoms with E-state index in [1.807, 2.05) is 30.3 Å². The molecule has 0 saturated heterocycles. The highest BCUT2D eigenvalue weighted by Gasteiger charge is 2.11. The number of fused-ring (bicyclic) bond motifs is 1. The lowest BCUT2D eigenvalue weighted by Gasteiger charge is -2.11. The molecule has 0 amide bonds. The second kappa shape index (κ2) is 11.5. The number of imidazole rings is 1. The van der Waals surface area contributed by atoms with E-state index < -0.39 is 0 Å². The van der Waals surface area contributed by atoms with Crippen LogP contribution in [0, 0.1) is 0 Å². The van der Waals surface area contributed by atoms with Gasteiger partial charge in [-0.3, -0.25) is 0 Å². The van der Waals surface area contributed by atoms with Gasteiger partial charge in [-0.2, -0.15) is 0 Å². The molecule has 29 heavy (non-hydrogen) atoms. The van der Waals surface area contributed by atoms with Crippen LogP contribution in [-0.2, 0) is 13.2 Å². The maximum atomic E-state index is 6.02. The number of unbranched alkanes of at least 4 members (excludes halogenated alkanes) is 7. The van der Waals surface area contributed by atoms with Crippen molar-refractivity contribution in [3.8, 4) is 11.5 Å². The highest BCUT2D eigenvalue weighted by atomic mass is 16.5. The van der Waals surface area contributed by atoms with Crippen molar-refractivity contribution in [2.75, 3.05) is 7.11 Å². The van der Waals surface area contributed by atoms with Crippen LogP contribution in [0.2, 0.25) is 0 Å². The van der Waals surface area contributed by atoms with Crippen LogP contribution in [0.4, 0.5) is 0 Å². The van der Waals surface area contributed by atoms with Crippen LogP contribution in [0.15, 0.2) is 48.5 Å². The lowest BCUT2D eigenvalue weighted by Crippen LogP contribution is -2.07. The van der Waals surface area contributed by atoms with E-state index in [1.54, 1.807) is 7.11 Å². The summed E-state index contributed by atoms with van der Waals surface area (Å²) in [5.41, 5.74) is 2.23. The number of para-hydroxylation sites is 2. The van der Waals surface area contributed by atoms with E-state index in [4.69, 9.17) is 14.5 Å². The third kappa shape index (κ3) is 6.25. The third-order valence-electron chi connectivity index (χ3n) is 5.38. The van der Waals surface area contributed by atoms with Crippen molar-refractivity contribution < 1.29 is 9.47 Å². The Bertz CT molecular complexity index is 872. The Morgan fingerprint density at radius 3 is 2.34 bits per heavy atom. The molecule has 0 aliphatic carbocycles. The van der Waals surface area contributed by atoms with Crippen LogP contribution in [0.5, 0.6) is 11.5 Å². The Labute approximate surface area is 174 Å². The van der Waals surface area contributed by atoms with Crippen molar-refractivity contribution in [3.05, 3.63) is 54.4 Å². The minimum absolute atomic E-state index is 0.457. The monoisotopic (exact) mass is 394 g/mol. The average Bonchev–Trinajstić information content (AvgIpc) is 3.12. The second-order valence-electron chi connectivity index (χ2n) is 7.61. The number of rotatable bonds is 13. The van der Waals surface area contributed by atoms with Gasteiger partial charge < -0.3 is 14.0 Å². The first-order valence-corrected chi connectivity index (χ1v) is 11.0. The van der Waals surface area contributed by atoms with Gasteiger partial charge in [0, 0.05) is 12.6 Å². The van der Waals surface area contributed by atoms with Gasteiger partial charge in [-0.25, -0.2) is 4.98 Å². The number of hydrogen-bond acceptors (Lipinski definition) is 3. The van der Waals surface area contributed by atoms with Crippen molar-refractivity contribution in [1.82, 2.24) is 9.55 Å². The smallest absolute Gasteiger partial charge is 0.147 e. The van der Waals surface area contributed by atoms with Crippen molar-refractivity contribution in [2.24, 2.45) is 0 Å². The summed E-state index contributed by atoms with van der Waals surface area (Å²) in [5.74, 6) is 2.59. The largest absolute Gasteiger partial charge is 0.497 e. The number of ether oxygens (including phenoxy) is 2. The normalized spacial score (nSPS) is 11.1. The minimum Gasteiger partial charge on any atom is -0.497 e. The molecule has 4 heteroatoms. The van der Waals surface area contributed by atoms with Crippen molar-refractivity contribution in [2.45, 2.75) is 71.4 Å². The molecule has 0 fully saturated rings. The molecule has 0 bridgehead atoms. The van der Waals surface area contributed by atoms with Crippen LogP contribution in [0.3, 0.4) is 0 Å². The van der Waals surface area contributed by atoms with Crippen LogP contribution < -0.4 is 9.47 Å². The number of hydrogen-bond donors (Lipinski definition) is 0. The molecule has 156 valence electrons. The Hall–Kier alpha value is -2.49. The quantitative estimate of drug-likeness (QED) is 0.300. The molecule has 0 N–H and O–H groups in total. The fourth-order valence-corrected chi connectivity index (χ4v) is 3.73. The number of aryl methyl sites for hydroxylation is 1. The van der Waals surface area contributed by atoms with E-state index in [9.17, 15) is 0 Å². The molecular formula is C25H34N2O2. The molecule has 0 atom stereocenters. The molecule has 3 rings (SSSR count). The van der Waals surface area contributed by atoms with Gasteiger partial charge in [0.1, 0.15) is 23.9 Å². The zero-order chi connectivity index (χ0) is 20.3. The maximum absolute atomic E-state index is 6.02. The second-order valence-corrected chi connectivity index (χ2v) is 7.61. The summed E-state index contributed by atoms with van der Waals surface area (Å²) in [7, 11) is 1.67. The summed E-state index contributed by atoms with van der Waals surface area (Å²) in [4.78, 5) is 4.83. The molecule has 2 aromatic carbocycles. The number of nitrogens with zero attached hydrogens (tertiary/aromatic N) is 2. The molecule has 0 saturated carbocycles. The van der Waals surface area contributed by atoms with Gasteiger partial charge in [0.25, 0.3) is 0 Å². The van der Waals surface area contributed by atoms with Crippen LogP contribution in [0.25, 0.3) is 11.0 Å².